The minimum absolute atomic E-state index is 0.0182. The number of carbonyl (C=O) groups is 2. The van der Waals surface area contributed by atoms with Crippen molar-refractivity contribution in [2.75, 3.05) is 44.1 Å². The molecule has 0 aromatic heterocycles. The van der Waals surface area contributed by atoms with Crippen LogP contribution in [0.15, 0.2) is 101 Å². The lowest BCUT2D eigenvalue weighted by molar-refractivity contribution is -0.119. The molecule has 4 aromatic rings. The van der Waals surface area contributed by atoms with Gasteiger partial charge in [0.25, 0.3) is 21.8 Å². The quantitative estimate of drug-likeness (QED) is 0.152. The summed E-state index contributed by atoms with van der Waals surface area (Å²) in [6.07, 6.45) is 1.40. The summed E-state index contributed by atoms with van der Waals surface area (Å²) in [4.78, 5) is 25.2. The van der Waals surface area contributed by atoms with Gasteiger partial charge in [0, 0.05) is 11.8 Å². The van der Waals surface area contributed by atoms with E-state index >= 15 is 0 Å². The van der Waals surface area contributed by atoms with Gasteiger partial charge in [0.1, 0.15) is 18.0 Å². The van der Waals surface area contributed by atoms with Crippen molar-refractivity contribution in [1.29, 1.82) is 0 Å². The van der Waals surface area contributed by atoms with E-state index in [0.717, 1.165) is 9.87 Å². The topological polar surface area (TPSA) is 145 Å². The van der Waals surface area contributed by atoms with Gasteiger partial charge in [0.2, 0.25) is 0 Å². The number of methoxy groups -OCH3 is 3. The van der Waals surface area contributed by atoms with E-state index < -0.39 is 22.5 Å². The van der Waals surface area contributed by atoms with Crippen molar-refractivity contribution in [3.63, 3.8) is 0 Å². The molecular weight excluding hydrogens is 612 g/mol. The molecule has 0 unspecified atom stereocenters. The van der Waals surface area contributed by atoms with E-state index in [0.29, 0.717) is 34.2 Å². The molecule has 0 aliphatic rings. The summed E-state index contributed by atoms with van der Waals surface area (Å²) in [5, 5.41) is 6.71. The Bertz CT molecular complexity index is 1780. The number of amides is 2. The third kappa shape index (κ3) is 8.76. The molecule has 0 saturated heterocycles. The van der Waals surface area contributed by atoms with Crippen molar-refractivity contribution >= 4 is 39.4 Å². The minimum Gasteiger partial charge on any atom is -0.497 e. The lowest BCUT2D eigenvalue weighted by Crippen LogP contribution is -2.39. The number of nitrogens with zero attached hydrogens (tertiary/aromatic N) is 2. The summed E-state index contributed by atoms with van der Waals surface area (Å²) in [6, 6.07) is 24.5. The van der Waals surface area contributed by atoms with Crippen LogP contribution in [0.4, 0.5) is 11.4 Å². The molecule has 0 spiro atoms. The smallest absolute Gasteiger partial charge is 0.264 e. The van der Waals surface area contributed by atoms with Crippen LogP contribution in [0.2, 0.25) is 0 Å². The number of sulfonamides is 1. The highest BCUT2D eigenvalue weighted by atomic mass is 32.2. The maximum Gasteiger partial charge on any atom is 0.264 e. The number of carbonyl (C=O) groups excluding carboxylic acids is 2. The van der Waals surface area contributed by atoms with Crippen LogP contribution in [-0.2, 0) is 19.6 Å². The summed E-state index contributed by atoms with van der Waals surface area (Å²) in [7, 11) is 0.313. The van der Waals surface area contributed by atoms with Gasteiger partial charge in [-0.3, -0.25) is 13.9 Å². The zero-order valence-corrected chi connectivity index (χ0v) is 26.5. The fraction of sp³-hybridized carbons (Fsp3) is 0.182. The Morgan fingerprint density at radius 1 is 0.783 bits per heavy atom. The average molecular weight is 647 g/mol. The second-order valence-corrected chi connectivity index (χ2v) is 11.7. The SMILES string of the molecule is COc1ccc(NC(=O)COc2ccc(/C=N\NC(=O)CN(c3ccc(OC)c(OC)c3)S(=O)(=O)c3ccc(C)cc3)cc2)cc1. The van der Waals surface area contributed by atoms with Gasteiger partial charge in [-0.25, -0.2) is 13.8 Å². The predicted octanol–water partition coefficient (Wildman–Crippen LogP) is 4.38. The monoisotopic (exact) mass is 646 g/mol. The van der Waals surface area contributed by atoms with Crippen LogP contribution < -0.4 is 34.0 Å². The number of hydrazone groups is 1. The number of rotatable bonds is 14. The van der Waals surface area contributed by atoms with Gasteiger partial charge in [-0.05, 0) is 85.3 Å². The van der Waals surface area contributed by atoms with Crippen molar-refractivity contribution in [1.82, 2.24) is 5.43 Å². The highest BCUT2D eigenvalue weighted by Gasteiger charge is 2.28. The van der Waals surface area contributed by atoms with E-state index in [1.165, 1.54) is 44.7 Å². The van der Waals surface area contributed by atoms with Crippen molar-refractivity contribution < 1.29 is 37.0 Å². The van der Waals surface area contributed by atoms with Crippen molar-refractivity contribution in [2.45, 2.75) is 11.8 Å². The number of ether oxygens (including phenoxy) is 4. The van der Waals surface area contributed by atoms with Crippen LogP contribution in [-0.4, -0.2) is 60.9 Å². The Balaban J connectivity index is 1.38. The Hall–Kier alpha value is -5.56. The molecule has 0 atom stereocenters. The first kappa shape index (κ1) is 33.3. The van der Waals surface area contributed by atoms with E-state index in [-0.39, 0.29) is 23.1 Å². The molecule has 2 N–H and O–H groups in total. The zero-order chi connectivity index (χ0) is 33.1. The van der Waals surface area contributed by atoms with E-state index in [4.69, 9.17) is 18.9 Å². The molecule has 46 heavy (non-hydrogen) atoms. The number of hydrogen-bond acceptors (Lipinski definition) is 9. The molecule has 0 saturated carbocycles. The molecule has 0 radical (unpaired) electrons. The first-order valence-electron chi connectivity index (χ1n) is 13.9. The minimum atomic E-state index is -4.15. The first-order valence-corrected chi connectivity index (χ1v) is 15.4. The fourth-order valence-corrected chi connectivity index (χ4v) is 5.56. The third-order valence-corrected chi connectivity index (χ3v) is 8.37. The van der Waals surface area contributed by atoms with Crippen molar-refractivity contribution in [3.05, 3.63) is 102 Å². The largest absolute Gasteiger partial charge is 0.497 e. The lowest BCUT2D eigenvalue weighted by atomic mass is 10.2. The molecule has 13 heteroatoms. The number of aryl methyl sites for hydroxylation is 1. The van der Waals surface area contributed by atoms with Crippen LogP contribution in [0, 0.1) is 6.92 Å². The second-order valence-electron chi connectivity index (χ2n) is 9.79. The Kier molecular flexibility index (Phi) is 11.2. The lowest BCUT2D eigenvalue weighted by Gasteiger charge is -2.24. The summed E-state index contributed by atoms with van der Waals surface area (Å²) >= 11 is 0. The van der Waals surface area contributed by atoms with Crippen LogP contribution in [0.1, 0.15) is 11.1 Å². The Morgan fingerprint density at radius 3 is 2.07 bits per heavy atom. The molecule has 0 aliphatic carbocycles. The van der Waals surface area contributed by atoms with Crippen LogP contribution in [0.25, 0.3) is 0 Å². The van der Waals surface area contributed by atoms with Crippen molar-refractivity contribution in [3.8, 4) is 23.0 Å². The van der Waals surface area contributed by atoms with Gasteiger partial charge in [-0.15, -0.1) is 0 Å². The summed E-state index contributed by atoms with van der Waals surface area (Å²) in [6.45, 7) is 1.09. The van der Waals surface area contributed by atoms with Gasteiger partial charge in [0.15, 0.2) is 18.1 Å². The molecule has 0 bridgehead atoms. The van der Waals surface area contributed by atoms with Crippen LogP contribution in [0.5, 0.6) is 23.0 Å². The molecule has 0 fully saturated rings. The summed E-state index contributed by atoms with van der Waals surface area (Å²) in [5.74, 6) is 0.835. The summed E-state index contributed by atoms with van der Waals surface area (Å²) < 4.78 is 49.6. The zero-order valence-electron chi connectivity index (χ0n) is 25.7. The molecule has 240 valence electrons. The van der Waals surface area contributed by atoms with Crippen molar-refractivity contribution in [2.24, 2.45) is 5.10 Å². The highest BCUT2D eigenvalue weighted by Crippen LogP contribution is 2.33. The predicted molar refractivity (Wildman–Crippen MR) is 175 cm³/mol. The van der Waals surface area contributed by atoms with E-state index in [1.807, 2.05) is 6.92 Å². The van der Waals surface area contributed by atoms with Gasteiger partial charge in [0.05, 0.1) is 38.1 Å². The van der Waals surface area contributed by atoms with Gasteiger partial charge in [-0.2, -0.15) is 5.10 Å². The van der Waals surface area contributed by atoms with Gasteiger partial charge >= 0.3 is 0 Å². The number of hydrogen-bond donors (Lipinski definition) is 2. The van der Waals surface area contributed by atoms with E-state index in [9.17, 15) is 18.0 Å². The molecular formula is C33H34N4O8S. The number of benzene rings is 4. The van der Waals surface area contributed by atoms with Gasteiger partial charge in [-0.1, -0.05) is 17.7 Å². The third-order valence-electron chi connectivity index (χ3n) is 6.58. The number of nitrogens with one attached hydrogen (secondary N) is 2. The molecule has 12 nitrogen and oxygen atoms in total. The summed E-state index contributed by atoms with van der Waals surface area (Å²) in [5.41, 5.74) is 4.70. The Labute approximate surface area is 267 Å². The van der Waals surface area contributed by atoms with E-state index in [1.54, 1.807) is 73.8 Å². The Morgan fingerprint density at radius 2 is 1.43 bits per heavy atom. The maximum atomic E-state index is 13.7. The highest BCUT2D eigenvalue weighted by molar-refractivity contribution is 7.92. The first-order chi connectivity index (χ1) is 22.1. The average Bonchev–Trinajstić information content (AvgIpc) is 3.07. The van der Waals surface area contributed by atoms with Crippen LogP contribution >= 0.6 is 0 Å². The molecule has 0 heterocycles. The van der Waals surface area contributed by atoms with E-state index in [2.05, 4.69) is 15.8 Å². The molecule has 2 amide bonds. The fourth-order valence-electron chi connectivity index (χ4n) is 4.15. The molecule has 4 rings (SSSR count). The normalized spacial score (nSPS) is 11.0. The number of anilines is 2. The maximum absolute atomic E-state index is 13.7. The molecule has 0 aliphatic heterocycles. The molecule has 4 aromatic carbocycles. The standard InChI is InChI=1S/C33H34N4O8S/c1-23-5-16-29(17-6-23)46(40,41)37(26-11-18-30(43-3)31(19-26)44-4)21-32(38)36-34-20-24-7-12-28(13-8-24)45-22-33(39)35-25-9-14-27(42-2)15-10-25/h5-20H,21-22H2,1-4H3,(H,35,39)(H,36,38)/b34-20-. The van der Waals surface area contributed by atoms with Gasteiger partial charge < -0.3 is 24.3 Å². The van der Waals surface area contributed by atoms with Crippen LogP contribution in [0.3, 0.4) is 0 Å². The second kappa shape index (κ2) is 15.4.